The summed E-state index contributed by atoms with van der Waals surface area (Å²) in [6.07, 6.45) is -0.871. The van der Waals surface area contributed by atoms with Gasteiger partial charge in [-0.15, -0.1) is 11.8 Å². The number of rotatable bonds is 6. The Kier molecular flexibility index (Phi) is 6.19. The number of halogens is 1. The predicted octanol–water partition coefficient (Wildman–Crippen LogP) is 3.46. The number of aryl methyl sites for hydroxylation is 1. The number of aliphatic hydroxyl groups excluding tert-OH is 1. The Balaban J connectivity index is 1.84. The standard InChI is InChI=1S/C18H20FNO2S/c1-12-3-9-16(10-4-12)23-11-17(21)20-13(2)18(22)14-5-7-15(19)8-6-14/h3-10,13,18,22H,11H2,1-2H3,(H,20,21). The molecule has 0 aromatic heterocycles. The lowest BCUT2D eigenvalue weighted by atomic mass is 10.0. The number of carbonyl (C=O) groups is 1. The van der Waals surface area contributed by atoms with Crippen LogP contribution < -0.4 is 5.32 Å². The molecule has 0 fully saturated rings. The fraction of sp³-hybridized carbons (Fsp3) is 0.278. The van der Waals surface area contributed by atoms with Crippen LogP contribution >= 0.6 is 11.8 Å². The number of hydrogen-bond acceptors (Lipinski definition) is 3. The summed E-state index contributed by atoms with van der Waals surface area (Å²) in [6.45, 7) is 3.74. The van der Waals surface area contributed by atoms with Gasteiger partial charge in [0.1, 0.15) is 5.82 Å². The molecular weight excluding hydrogens is 313 g/mol. The van der Waals surface area contributed by atoms with Crippen molar-refractivity contribution in [3.8, 4) is 0 Å². The molecule has 0 saturated carbocycles. The van der Waals surface area contributed by atoms with Gasteiger partial charge in [-0.25, -0.2) is 4.39 Å². The summed E-state index contributed by atoms with van der Waals surface area (Å²) in [7, 11) is 0. The Morgan fingerprint density at radius 2 is 1.78 bits per heavy atom. The number of hydrogen-bond donors (Lipinski definition) is 2. The van der Waals surface area contributed by atoms with E-state index < -0.39 is 12.1 Å². The number of aliphatic hydroxyl groups is 1. The van der Waals surface area contributed by atoms with Gasteiger partial charge in [0.15, 0.2) is 0 Å². The van der Waals surface area contributed by atoms with Gasteiger partial charge in [-0.3, -0.25) is 4.79 Å². The second-order valence-electron chi connectivity index (χ2n) is 5.45. The first-order valence-corrected chi connectivity index (χ1v) is 8.36. The second-order valence-corrected chi connectivity index (χ2v) is 6.50. The van der Waals surface area contributed by atoms with Crippen LogP contribution in [0, 0.1) is 12.7 Å². The van der Waals surface area contributed by atoms with Gasteiger partial charge in [-0.2, -0.15) is 0 Å². The molecule has 3 nitrogen and oxygen atoms in total. The van der Waals surface area contributed by atoms with E-state index in [0.717, 1.165) is 4.90 Å². The summed E-state index contributed by atoms with van der Waals surface area (Å²) in [6, 6.07) is 13.1. The summed E-state index contributed by atoms with van der Waals surface area (Å²) in [5, 5.41) is 13.0. The van der Waals surface area contributed by atoms with Crippen molar-refractivity contribution < 1.29 is 14.3 Å². The van der Waals surface area contributed by atoms with Crippen LogP contribution in [0.25, 0.3) is 0 Å². The van der Waals surface area contributed by atoms with E-state index in [9.17, 15) is 14.3 Å². The molecule has 0 spiro atoms. The Bertz CT molecular complexity index is 643. The lowest BCUT2D eigenvalue weighted by Crippen LogP contribution is -2.38. The Morgan fingerprint density at radius 3 is 2.39 bits per heavy atom. The van der Waals surface area contributed by atoms with Gasteiger partial charge in [-0.05, 0) is 43.7 Å². The average Bonchev–Trinajstić information content (AvgIpc) is 2.54. The van der Waals surface area contributed by atoms with E-state index in [1.54, 1.807) is 6.92 Å². The molecule has 23 heavy (non-hydrogen) atoms. The molecular formula is C18H20FNO2S. The minimum atomic E-state index is -0.871. The van der Waals surface area contributed by atoms with Gasteiger partial charge in [0.25, 0.3) is 0 Å². The summed E-state index contributed by atoms with van der Waals surface area (Å²) in [4.78, 5) is 13.0. The molecule has 5 heteroatoms. The molecule has 0 aliphatic carbocycles. The van der Waals surface area contributed by atoms with Gasteiger partial charge in [-0.1, -0.05) is 29.8 Å². The largest absolute Gasteiger partial charge is 0.386 e. The molecule has 0 saturated heterocycles. The van der Waals surface area contributed by atoms with Gasteiger partial charge >= 0.3 is 0 Å². The Labute approximate surface area is 139 Å². The van der Waals surface area contributed by atoms with E-state index in [2.05, 4.69) is 5.32 Å². The van der Waals surface area contributed by atoms with Crippen molar-refractivity contribution >= 4 is 17.7 Å². The van der Waals surface area contributed by atoms with Crippen LogP contribution in [0.3, 0.4) is 0 Å². The van der Waals surface area contributed by atoms with Crippen LogP contribution in [-0.2, 0) is 4.79 Å². The van der Waals surface area contributed by atoms with Crippen LogP contribution in [-0.4, -0.2) is 22.8 Å². The van der Waals surface area contributed by atoms with E-state index in [1.165, 1.54) is 41.6 Å². The van der Waals surface area contributed by atoms with Gasteiger partial charge in [0.2, 0.25) is 5.91 Å². The van der Waals surface area contributed by atoms with E-state index in [1.807, 2.05) is 31.2 Å². The molecule has 0 radical (unpaired) electrons. The summed E-state index contributed by atoms with van der Waals surface area (Å²) in [5.74, 6) is -0.222. The summed E-state index contributed by atoms with van der Waals surface area (Å²) in [5.41, 5.74) is 1.75. The van der Waals surface area contributed by atoms with E-state index >= 15 is 0 Å². The molecule has 122 valence electrons. The topological polar surface area (TPSA) is 49.3 Å². The maximum Gasteiger partial charge on any atom is 0.230 e. The predicted molar refractivity (Wildman–Crippen MR) is 90.9 cm³/mol. The van der Waals surface area contributed by atoms with E-state index in [0.29, 0.717) is 5.56 Å². The maximum atomic E-state index is 12.9. The molecule has 1 amide bonds. The minimum Gasteiger partial charge on any atom is -0.386 e. The highest BCUT2D eigenvalue weighted by molar-refractivity contribution is 8.00. The molecule has 2 rings (SSSR count). The fourth-order valence-electron chi connectivity index (χ4n) is 2.11. The summed E-state index contributed by atoms with van der Waals surface area (Å²) < 4.78 is 12.9. The molecule has 2 aromatic rings. The normalized spacial score (nSPS) is 13.4. The van der Waals surface area contributed by atoms with Crippen molar-refractivity contribution in [3.05, 3.63) is 65.5 Å². The van der Waals surface area contributed by atoms with Crippen molar-refractivity contribution in [2.45, 2.75) is 30.9 Å². The first-order chi connectivity index (χ1) is 11.0. The number of benzene rings is 2. The number of nitrogens with one attached hydrogen (secondary N) is 1. The van der Waals surface area contributed by atoms with Crippen molar-refractivity contribution in [2.24, 2.45) is 0 Å². The lowest BCUT2D eigenvalue weighted by Gasteiger charge is -2.20. The van der Waals surface area contributed by atoms with Crippen LogP contribution in [0.15, 0.2) is 53.4 Å². The zero-order valence-electron chi connectivity index (χ0n) is 13.1. The SMILES string of the molecule is Cc1ccc(SCC(=O)NC(C)C(O)c2ccc(F)cc2)cc1. The van der Waals surface area contributed by atoms with Crippen molar-refractivity contribution in [1.82, 2.24) is 5.32 Å². The first-order valence-electron chi connectivity index (χ1n) is 7.38. The third-order valence-electron chi connectivity index (χ3n) is 3.46. The molecule has 2 unspecified atom stereocenters. The van der Waals surface area contributed by atoms with Gasteiger partial charge in [0.05, 0.1) is 17.9 Å². The fourth-order valence-corrected chi connectivity index (χ4v) is 2.82. The molecule has 0 aliphatic rings. The van der Waals surface area contributed by atoms with Crippen molar-refractivity contribution in [2.75, 3.05) is 5.75 Å². The second kappa shape index (κ2) is 8.13. The third kappa shape index (κ3) is 5.37. The van der Waals surface area contributed by atoms with E-state index in [-0.39, 0.29) is 17.5 Å². The highest BCUT2D eigenvalue weighted by Gasteiger charge is 2.18. The molecule has 0 bridgehead atoms. The van der Waals surface area contributed by atoms with Crippen molar-refractivity contribution in [3.63, 3.8) is 0 Å². The van der Waals surface area contributed by atoms with Gasteiger partial charge in [0, 0.05) is 4.90 Å². The van der Waals surface area contributed by atoms with E-state index in [4.69, 9.17) is 0 Å². The quantitative estimate of drug-likeness (QED) is 0.796. The zero-order chi connectivity index (χ0) is 16.8. The third-order valence-corrected chi connectivity index (χ3v) is 4.48. The van der Waals surface area contributed by atoms with Crippen LogP contribution in [0.5, 0.6) is 0 Å². The zero-order valence-corrected chi connectivity index (χ0v) is 13.9. The highest BCUT2D eigenvalue weighted by Crippen LogP contribution is 2.19. The Morgan fingerprint density at radius 1 is 1.17 bits per heavy atom. The highest BCUT2D eigenvalue weighted by atomic mass is 32.2. The molecule has 2 atom stereocenters. The van der Waals surface area contributed by atoms with Crippen LogP contribution in [0.4, 0.5) is 4.39 Å². The van der Waals surface area contributed by atoms with Crippen molar-refractivity contribution in [1.29, 1.82) is 0 Å². The average molecular weight is 333 g/mol. The van der Waals surface area contributed by atoms with Crippen LogP contribution in [0.1, 0.15) is 24.2 Å². The monoisotopic (exact) mass is 333 g/mol. The van der Waals surface area contributed by atoms with Crippen LogP contribution in [0.2, 0.25) is 0 Å². The molecule has 0 aliphatic heterocycles. The molecule has 2 aromatic carbocycles. The minimum absolute atomic E-state index is 0.149. The maximum absolute atomic E-state index is 12.9. The number of thioether (sulfide) groups is 1. The lowest BCUT2D eigenvalue weighted by molar-refractivity contribution is -0.119. The first kappa shape index (κ1) is 17.5. The molecule has 2 N–H and O–H groups in total. The van der Waals surface area contributed by atoms with Gasteiger partial charge < -0.3 is 10.4 Å². The molecule has 0 heterocycles. The smallest absolute Gasteiger partial charge is 0.230 e. The Hall–Kier alpha value is -1.85. The number of carbonyl (C=O) groups excluding carboxylic acids is 1. The summed E-state index contributed by atoms with van der Waals surface area (Å²) >= 11 is 1.45. The number of amides is 1.